The van der Waals surface area contributed by atoms with E-state index in [1.165, 1.54) is 6.92 Å². The molecule has 0 aliphatic rings. The second-order valence-electron chi connectivity index (χ2n) is 2.61. The van der Waals surface area contributed by atoms with Crippen LogP contribution in [-0.4, -0.2) is 11.1 Å². The largest absolute Gasteiger partial charge is 0.338 e. The number of nitrogens with zero attached hydrogens (tertiary/aromatic N) is 1. The molecule has 66 valence electrons. The lowest BCUT2D eigenvalue weighted by Crippen LogP contribution is -2.06. The molecule has 1 amide bonds. The molecule has 0 bridgehead atoms. The molecule has 4 heteroatoms. The monoisotopic (exact) mass is 168 g/mol. The Morgan fingerprint density at radius 3 is 2.83 bits per heavy atom. The van der Waals surface area contributed by atoms with Crippen LogP contribution >= 0.6 is 0 Å². The lowest BCUT2D eigenvalue weighted by atomic mass is 10.2. The van der Waals surface area contributed by atoms with E-state index in [1.807, 2.05) is 13.8 Å². The molecule has 0 fully saturated rings. The fourth-order valence-electron chi connectivity index (χ4n) is 1.06. The molecule has 0 aliphatic carbocycles. The number of aryl methyl sites for hydroxylation is 1. The Hall–Kier alpha value is -1.32. The van der Waals surface area contributed by atoms with E-state index >= 15 is 0 Å². The fourth-order valence-corrected chi connectivity index (χ4v) is 1.06. The van der Waals surface area contributed by atoms with Gasteiger partial charge in [-0.1, -0.05) is 12.1 Å². The fraction of sp³-hybridized carbons (Fsp3) is 0.500. The Kier molecular flexibility index (Phi) is 2.47. The van der Waals surface area contributed by atoms with Crippen molar-refractivity contribution < 1.29 is 9.32 Å². The second kappa shape index (κ2) is 3.38. The van der Waals surface area contributed by atoms with E-state index < -0.39 is 0 Å². The highest BCUT2D eigenvalue weighted by atomic mass is 16.5. The summed E-state index contributed by atoms with van der Waals surface area (Å²) in [5.74, 6) is 0.336. The van der Waals surface area contributed by atoms with Crippen LogP contribution in [0, 0.1) is 6.92 Å². The number of rotatable bonds is 2. The topological polar surface area (TPSA) is 55.1 Å². The van der Waals surface area contributed by atoms with Crippen molar-refractivity contribution in [1.82, 2.24) is 5.16 Å². The maximum absolute atomic E-state index is 10.7. The lowest BCUT2D eigenvalue weighted by Gasteiger charge is -1.97. The molecule has 1 aromatic heterocycles. The Bertz CT molecular complexity index is 291. The van der Waals surface area contributed by atoms with Crippen LogP contribution < -0.4 is 5.32 Å². The minimum atomic E-state index is -0.138. The SMILES string of the molecule is CCc1c(C)noc1NC(C)=O. The smallest absolute Gasteiger partial charge is 0.234 e. The lowest BCUT2D eigenvalue weighted by molar-refractivity contribution is -0.114. The summed E-state index contributed by atoms with van der Waals surface area (Å²) < 4.78 is 4.92. The van der Waals surface area contributed by atoms with Gasteiger partial charge < -0.3 is 4.52 Å². The third kappa shape index (κ3) is 1.64. The van der Waals surface area contributed by atoms with Gasteiger partial charge >= 0.3 is 0 Å². The Balaban J connectivity index is 2.91. The molecule has 0 radical (unpaired) electrons. The first-order chi connectivity index (χ1) is 5.65. The number of amides is 1. The van der Waals surface area contributed by atoms with Crippen LogP contribution in [0.4, 0.5) is 5.88 Å². The normalized spacial score (nSPS) is 9.92. The summed E-state index contributed by atoms with van der Waals surface area (Å²) >= 11 is 0. The Labute approximate surface area is 70.9 Å². The van der Waals surface area contributed by atoms with Gasteiger partial charge in [0.1, 0.15) is 0 Å². The summed E-state index contributed by atoms with van der Waals surface area (Å²) in [6.45, 7) is 5.29. The zero-order valence-electron chi connectivity index (χ0n) is 7.47. The van der Waals surface area contributed by atoms with Crippen LogP contribution in [0.15, 0.2) is 4.52 Å². The van der Waals surface area contributed by atoms with Gasteiger partial charge in [-0.05, 0) is 13.3 Å². The van der Waals surface area contributed by atoms with Gasteiger partial charge in [0, 0.05) is 12.5 Å². The maximum atomic E-state index is 10.7. The first-order valence-corrected chi connectivity index (χ1v) is 3.88. The third-order valence-electron chi connectivity index (χ3n) is 1.63. The van der Waals surface area contributed by atoms with Gasteiger partial charge in [0.2, 0.25) is 11.8 Å². The summed E-state index contributed by atoms with van der Waals surface area (Å²) in [5, 5.41) is 6.33. The molecule has 0 atom stereocenters. The van der Waals surface area contributed by atoms with Crippen molar-refractivity contribution in [3.05, 3.63) is 11.3 Å². The van der Waals surface area contributed by atoms with Gasteiger partial charge in [-0.2, -0.15) is 0 Å². The summed E-state index contributed by atoms with van der Waals surface area (Å²) in [6, 6.07) is 0. The van der Waals surface area contributed by atoms with Crippen LogP contribution in [0.1, 0.15) is 25.1 Å². The highest BCUT2D eigenvalue weighted by Crippen LogP contribution is 2.19. The van der Waals surface area contributed by atoms with Crippen LogP contribution in [0.5, 0.6) is 0 Å². The molecule has 0 saturated carbocycles. The maximum Gasteiger partial charge on any atom is 0.234 e. The van der Waals surface area contributed by atoms with Crippen molar-refractivity contribution in [3.63, 3.8) is 0 Å². The number of hydrogen-bond acceptors (Lipinski definition) is 3. The number of carbonyl (C=O) groups excluding carboxylic acids is 1. The molecule has 1 aromatic rings. The van der Waals surface area contributed by atoms with Gasteiger partial charge in [-0.15, -0.1) is 0 Å². The molecule has 0 spiro atoms. The number of hydrogen-bond donors (Lipinski definition) is 1. The highest BCUT2D eigenvalue weighted by Gasteiger charge is 2.11. The van der Waals surface area contributed by atoms with Crippen LogP contribution in [0.25, 0.3) is 0 Å². The summed E-state index contributed by atoms with van der Waals surface area (Å²) in [7, 11) is 0. The molecule has 12 heavy (non-hydrogen) atoms. The molecule has 0 aliphatic heterocycles. The minimum absolute atomic E-state index is 0.138. The molecule has 1 heterocycles. The minimum Gasteiger partial charge on any atom is -0.338 e. The van der Waals surface area contributed by atoms with Crippen molar-refractivity contribution in [2.75, 3.05) is 5.32 Å². The average molecular weight is 168 g/mol. The predicted octanol–water partition coefficient (Wildman–Crippen LogP) is 1.50. The highest BCUT2D eigenvalue weighted by molar-refractivity contribution is 5.87. The van der Waals surface area contributed by atoms with Gasteiger partial charge in [0.15, 0.2) is 0 Å². The number of aromatic nitrogens is 1. The predicted molar refractivity (Wildman–Crippen MR) is 44.9 cm³/mol. The van der Waals surface area contributed by atoms with E-state index in [0.717, 1.165) is 17.7 Å². The number of carbonyl (C=O) groups is 1. The Morgan fingerprint density at radius 1 is 1.67 bits per heavy atom. The quantitative estimate of drug-likeness (QED) is 0.728. The van der Waals surface area contributed by atoms with E-state index in [-0.39, 0.29) is 5.91 Å². The van der Waals surface area contributed by atoms with Crippen molar-refractivity contribution >= 4 is 11.8 Å². The van der Waals surface area contributed by atoms with Crippen molar-refractivity contribution in [2.45, 2.75) is 27.2 Å². The standard InChI is InChI=1S/C8H12N2O2/c1-4-7-5(2)10-12-8(7)9-6(3)11/h4H2,1-3H3,(H,9,11). The number of nitrogens with one attached hydrogen (secondary N) is 1. The first-order valence-electron chi connectivity index (χ1n) is 3.88. The summed E-state index contributed by atoms with van der Waals surface area (Å²) in [6.07, 6.45) is 0.810. The van der Waals surface area contributed by atoms with Crippen molar-refractivity contribution in [3.8, 4) is 0 Å². The van der Waals surface area contributed by atoms with Crippen molar-refractivity contribution in [1.29, 1.82) is 0 Å². The van der Waals surface area contributed by atoms with Crippen molar-refractivity contribution in [2.24, 2.45) is 0 Å². The molecule has 1 rings (SSSR count). The molecule has 1 N–H and O–H groups in total. The molecule has 0 aromatic carbocycles. The average Bonchev–Trinajstić information content (AvgIpc) is 2.30. The first kappa shape index (κ1) is 8.77. The Morgan fingerprint density at radius 2 is 2.33 bits per heavy atom. The van der Waals surface area contributed by atoms with Crippen LogP contribution in [-0.2, 0) is 11.2 Å². The number of anilines is 1. The molecule has 0 saturated heterocycles. The molecule has 0 unspecified atom stereocenters. The van der Waals surface area contributed by atoms with Gasteiger partial charge in [0.25, 0.3) is 0 Å². The van der Waals surface area contributed by atoms with Crippen LogP contribution in [0.3, 0.4) is 0 Å². The zero-order valence-corrected chi connectivity index (χ0v) is 7.47. The van der Waals surface area contributed by atoms with E-state index in [9.17, 15) is 4.79 Å². The van der Waals surface area contributed by atoms with E-state index in [2.05, 4.69) is 10.5 Å². The summed E-state index contributed by atoms with van der Waals surface area (Å²) in [4.78, 5) is 10.7. The third-order valence-corrected chi connectivity index (χ3v) is 1.63. The van der Waals surface area contributed by atoms with E-state index in [1.54, 1.807) is 0 Å². The van der Waals surface area contributed by atoms with Crippen LogP contribution in [0.2, 0.25) is 0 Å². The molecule has 4 nitrogen and oxygen atoms in total. The van der Waals surface area contributed by atoms with Gasteiger partial charge in [0.05, 0.1) is 5.69 Å². The van der Waals surface area contributed by atoms with E-state index in [4.69, 9.17) is 4.52 Å². The second-order valence-corrected chi connectivity index (χ2v) is 2.61. The molecular formula is C8H12N2O2. The molecular weight excluding hydrogens is 156 g/mol. The van der Waals surface area contributed by atoms with Gasteiger partial charge in [-0.3, -0.25) is 10.1 Å². The summed E-state index contributed by atoms with van der Waals surface area (Å²) in [5.41, 5.74) is 1.80. The van der Waals surface area contributed by atoms with Gasteiger partial charge in [-0.25, -0.2) is 0 Å². The zero-order chi connectivity index (χ0) is 9.14. The van der Waals surface area contributed by atoms with E-state index in [0.29, 0.717) is 5.88 Å².